The lowest BCUT2D eigenvalue weighted by Crippen LogP contribution is -2.36. The van der Waals surface area contributed by atoms with Crippen molar-refractivity contribution in [3.8, 4) is 5.75 Å². The van der Waals surface area contributed by atoms with E-state index in [4.69, 9.17) is 9.47 Å². The summed E-state index contributed by atoms with van der Waals surface area (Å²) in [5, 5.41) is 0. The number of hydrogen-bond acceptors (Lipinski definition) is 5. The van der Waals surface area contributed by atoms with Crippen LogP contribution < -0.4 is 14.4 Å². The van der Waals surface area contributed by atoms with E-state index in [0.29, 0.717) is 18.0 Å². The second-order valence-corrected chi connectivity index (χ2v) is 7.12. The molecular formula is C14H18N2O5S. The highest BCUT2D eigenvalue weighted by atomic mass is 32.2. The molecule has 0 unspecified atom stereocenters. The second-order valence-electron chi connectivity index (χ2n) is 5.36. The minimum absolute atomic E-state index is 0.0349. The second kappa shape index (κ2) is 5.86. The Hall–Kier alpha value is -1.64. The van der Waals surface area contributed by atoms with Crippen molar-refractivity contribution in [3.63, 3.8) is 0 Å². The standard InChI is InChI=1S/C14H18N2O5S/c1-16-12-7-11(4-5-13(12)21-9-14(16)17)22(18,19)15-8-10-3-2-6-20-10/h4-5,7,10,15H,2-3,6,8-9H2,1H3/t10-/m1/s1. The molecule has 1 aromatic carbocycles. The number of benzene rings is 1. The Morgan fingerprint density at radius 1 is 1.41 bits per heavy atom. The quantitative estimate of drug-likeness (QED) is 0.871. The summed E-state index contributed by atoms with van der Waals surface area (Å²) in [6.45, 7) is 0.896. The molecule has 0 bridgehead atoms. The van der Waals surface area contributed by atoms with Crippen LogP contribution in [0.4, 0.5) is 5.69 Å². The number of ether oxygens (including phenoxy) is 2. The summed E-state index contributed by atoms with van der Waals surface area (Å²) in [6.07, 6.45) is 1.74. The van der Waals surface area contributed by atoms with E-state index in [0.717, 1.165) is 12.8 Å². The predicted molar refractivity (Wildman–Crippen MR) is 79.5 cm³/mol. The smallest absolute Gasteiger partial charge is 0.264 e. The Balaban J connectivity index is 1.80. The maximum Gasteiger partial charge on any atom is 0.264 e. The van der Waals surface area contributed by atoms with Gasteiger partial charge in [0.15, 0.2) is 6.61 Å². The van der Waals surface area contributed by atoms with Gasteiger partial charge in [0.05, 0.1) is 16.7 Å². The van der Waals surface area contributed by atoms with Crippen molar-refractivity contribution in [3.05, 3.63) is 18.2 Å². The first-order chi connectivity index (χ1) is 10.5. The van der Waals surface area contributed by atoms with Gasteiger partial charge in [0.2, 0.25) is 10.0 Å². The highest BCUT2D eigenvalue weighted by molar-refractivity contribution is 7.89. The summed E-state index contributed by atoms with van der Waals surface area (Å²) in [4.78, 5) is 13.1. The number of rotatable bonds is 4. The van der Waals surface area contributed by atoms with E-state index < -0.39 is 10.0 Å². The maximum atomic E-state index is 12.4. The zero-order chi connectivity index (χ0) is 15.7. The summed E-state index contributed by atoms with van der Waals surface area (Å²) in [5.74, 6) is 0.287. The van der Waals surface area contributed by atoms with Crippen LogP contribution in [-0.4, -0.2) is 47.2 Å². The van der Waals surface area contributed by atoms with Crippen LogP contribution in [0.2, 0.25) is 0 Å². The molecule has 22 heavy (non-hydrogen) atoms. The van der Waals surface area contributed by atoms with E-state index in [1.165, 1.54) is 17.0 Å². The van der Waals surface area contributed by atoms with Gasteiger partial charge in [0.25, 0.3) is 5.91 Å². The van der Waals surface area contributed by atoms with Crippen molar-refractivity contribution in [2.24, 2.45) is 0 Å². The van der Waals surface area contributed by atoms with Crippen LogP contribution in [0, 0.1) is 0 Å². The molecule has 2 heterocycles. The van der Waals surface area contributed by atoms with Gasteiger partial charge in [0.1, 0.15) is 5.75 Å². The van der Waals surface area contributed by atoms with Gasteiger partial charge in [0, 0.05) is 20.2 Å². The normalized spacial score (nSPS) is 21.6. The summed E-state index contributed by atoms with van der Waals surface area (Å²) >= 11 is 0. The van der Waals surface area contributed by atoms with Gasteiger partial charge in [-0.3, -0.25) is 4.79 Å². The van der Waals surface area contributed by atoms with Crippen molar-refractivity contribution >= 4 is 21.6 Å². The van der Waals surface area contributed by atoms with Gasteiger partial charge in [-0.05, 0) is 31.0 Å². The van der Waals surface area contributed by atoms with Crippen molar-refractivity contribution in [2.45, 2.75) is 23.8 Å². The van der Waals surface area contributed by atoms with Gasteiger partial charge in [-0.1, -0.05) is 0 Å². The third-order valence-electron chi connectivity index (χ3n) is 3.85. The van der Waals surface area contributed by atoms with Crippen LogP contribution in [0.5, 0.6) is 5.75 Å². The largest absolute Gasteiger partial charge is 0.482 e. The molecular weight excluding hydrogens is 308 g/mol. The molecule has 0 radical (unpaired) electrons. The number of sulfonamides is 1. The Bertz CT molecular complexity index is 682. The molecule has 3 rings (SSSR count). The molecule has 2 aliphatic heterocycles. The molecule has 1 aromatic rings. The fourth-order valence-corrected chi connectivity index (χ4v) is 3.60. The molecule has 120 valence electrons. The average Bonchev–Trinajstić information content (AvgIpc) is 3.02. The topological polar surface area (TPSA) is 84.9 Å². The monoisotopic (exact) mass is 326 g/mol. The first kappa shape index (κ1) is 15.3. The maximum absolute atomic E-state index is 12.4. The van der Waals surface area contributed by atoms with E-state index >= 15 is 0 Å². The first-order valence-corrected chi connectivity index (χ1v) is 8.60. The number of nitrogens with one attached hydrogen (secondary N) is 1. The predicted octanol–water partition coefficient (Wildman–Crippen LogP) is 0.499. The molecule has 1 fully saturated rings. The SMILES string of the molecule is CN1C(=O)COc2ccc(S(=O)(=O)NC[C@H]3CCCO3)cc21. The molecule has 0 spiro atoms. The van der Waals surface area contributed by atoms with E-state index in [2.05, 4.69) is 4.72 Å². The van der Waals surface area contributed by atoms with E-state index in [1.54, 1.807) is 13.1 Å². The summed E-state index contributed by atoms with van der Waals surface area (Å²) in [6, 6.07) is 4.49. The molecule has 8 heteroatoms. The molecule has 1 N–H and O–H groups in total. The number of anilines is 1. The molecule has 1 amide bonds. The minimum atomic E-state index is -3.65. The van der Waals surface area contributed by atoms with E-state index in [1.807, 2.05) is 0 Å². The molecule has 1 saturated heterocycles. The minimum Gasteiger partial charge on any atom is -0.482 e. The van der Waals surface area contributed by atoms with E-state index in [9.17, 15) is 13.2 Å². The highest BCUT2D eigenvalue weighted by Gasteiger charge is 2.26. The number of carbonyl (C=O) groups is 1. The van der Waals surface area contributed by atoms with E-state index in [-0.39, 0.29) is 30.1 Å². The van der Waals surface area contributed by atoms with Crippen LogP contribution in [0.15, 0.2) is 23.1 Å². The number of fused-ring (bicyclic) bond motifs is 1. The lowest BCUT2D eigenvalue weighted by molar-refractivity contribution is -0.120. The van der Waals surface area contributed by atoms with Crippen LogP contribution in [0.25, 0.3) is 0 Å². The number of amides is 1. The Morgan fingerprint density at radius 3 is 2.95 bits per heavy atom. The van der Waals surface area contributed by atoms with Crippen LogP contribution in [0.3, 0.4) is 0 Å². The van der Waals surface area contributed by atoms with Crippen molar-refractivity contribution in [1.29, 1.82) is 0 Å². The summed E-state index contributed by atoms with van der Waals surface area (Å²) < 4.78 is 38.0. The first-order valence-electron chi connectivity index (χ1n) is 7.12. The molecule has 7 nitrogen and oxygen atoms in total. The Morgan fingerprint density at radius 2 is 2.23 bits per heavy atom. The Labute approximate surface area is 129 Å². The highest BCUT2D eigenvalue weighted by Crippen LogP contribution is 2.33. The molecule has 0 aliphatic carbocycles. The average molecular weight is 326 g/mol. The summed E-state index contributed by atoms with van der Waals surface area (Å²) in [5.41, 5.74) is 0.455. The molecule has 0 saturated carbocycles. The van der Waals surface area contributed by atoms with Crippen LogP contribution in [-0.2, 0) is 19.6 Å². The Kier molecular flexibility index (Phi) is 4.07. The van der Waals surface area contributed by atoms with Crippen molar-refractivity contribution in [2.75, 3.05) is 31.7 Å². The summed E-state index contributed by atoms with van der Waals surface area (Å²) in [7, 11) is -2.05. The third-order valence-corrected chi connectivity index (χ3v) is 5.27. The van der Waals surface area contributed by atoms with Gasteiger partial charge in [-0.2, -0.15) is 0 Å². The molecule has 1 atom stereocenters. The lowest BCUT2D eigenvalue weighted by atomic mass is 10.2. The number of likely N-dealkylation sites (N-methyl/N-ethyl adjacent to an activating group) is 1. The van der Waals surface area contributed by atoms with Crippen molar-refractivity contribution < 1.29 is 22.7 Å². The zero-order valence-corrected chi connectivity index (χ0v) is 13.1. The lowest BCUT2D eigenvalue weighted by Gasteiger charge is -2.26. The van der Waals surface area contributed by atoms with Crippen molar-refractivity contribution in [1.82, 2.24) is 4.72 Å². The van der Waals surface area contributed by atoms with Gasteiger partial charge in [-0.15, -0.1) is 0 Å². The van der Waals surface area contributed by atoms with Crippen LogP contribution in [0.1, 0.15) is 12.8 Å². The van der Waals surface area contributed by atoms with Gasteiger partial charge < -0.3 is 14.4 Å². The number of nitrogens with zero attached hydrogens (tertiary/aromatic N) is 1. The molecule has 0 aromatic heterocycles. The number of carbonyl (C=O) groups excluding carboxylic acids is 1. The van der Waals surface area contributed by atoms with Gasteiger partial charge >= 0.3 is 0 Å². The molecule has 2 aliphatic rings. The third kappa shape index (κ3) is 2.94. The number of hydrogen-bond donors (Lipinski definition) is 1. The zero-order valence-electron chi connectivity index (χ0n) is 12.2. The fraction of sp³-hybridized carbons (Fsp3) is 0.500. The van der Waals surface area contributed by atoms with Crippen LogP contribution >= 0.6 is 0 Å². The fourth-order valence-electron chi connectivity index (χ4n) is 2.51. The van der Waals surface area contributed by atoms with Gasteiger partial charge in [-0.25, -0.2) is 13.1 Å².